The van der Waals surface area contributed by atoms with E-state index in [-0.39, 0.29) is 0 Å². The maximum Gasteiger partial charge on any atom is 0.122 e. The van der Waals surface area contributed by atoms with Crippen molar-refractivity contribution >= 4 is 23.2 Å². The van der Waals surface area contributed by atoms with Crippen LogP contribution in [-0.2, 0) is 0 Å². The molecule has 0 radical (unpaired) electrons. The molecule has 0 aromatic rings. The molecule has 1 aliphatic carbocycles. The summed E-state index contributed by atoms with van der Waals surface area (Å²) in [5.41, 5.74) is 0. The Morgan fingerprint density at radius 2 is 1.92 bits per heavy atom. The molecule has 78 valence electrons. The van der Waals surface area contributed by atoms with Gasteiger partial charge in [-0.05, 0) is 32.5 Å². The van der Waals surface area contributed by atoms with Crippen LogP contribution in [0.15, 0.2) is 0 Å². The topological polar surface area (TPSA) is 24.1 Å². The van der Waals surface area contributed by atoms with Crippen LogP contribution < -0.4 is 10.6 Å². The second-order valence-corrected chi connectivity index (χ2v) is 5.12. The second kappa shape index (κ2) is 5.40. The number of halogens is 2. The highest BCUT2D eigenvalue weighted by molar-refractivity contribution is 6.50. The Bertz CT molecular complexity index is 151. The molecule has 13 heavy (non-hydrogen) atoms. The lowest BCUT2D eigenvalue weighted by Crippen LogP contribution is -2.24. The summed E-state index contributed by atoms with van der Waals surface area (Å²) in [7, 11) is 0. The van der Waals surface area contributed by atoms with Crippen molar-refractivity contribution in [2.24, 2.45) is 5.92 Å². The molecule has 2 N–H and O–H groups in total. The molecule has 2 nitrogen and oxygen atoms in total. The minimum absolute atomic E-state index is 0.422. The average molecular weight is 225 g/mol. The summed E-state index contributed by atoms with van der Waals surface area (Å²) in [6.45, 7) is 6.26. The first kappa shape index (κ1) is 11.6. The summed E-state index contributed by atoms with van der Waals surface area (Å²) in [6, 6.07) is 0. The maximum absolute atomic E-state index is 5.88. The number of alkyl halides is 2. The van der Waals surface area contributed by atoms with Crippen molar-refractivity contribution in [2.75, 3.05) is 26.2 Å². The van der Waals surface area contributed by atoms with E-state index in [4.69, 9.17) is 23.2 Å². The van der Waals surface area contributed by atoms with Crippen LogP contribution in [0.5, 0.6) is 0 Å². The van der Waals surface area contributed by atoms with Gasteiger partial charge in [-0.25, -0.2) is 0 Å². The van der Waals surface area contributed by atoms with Crippen molar-refractivity contribution in [3.8, 4) is 0 Å². The van der Waals surface area contributed by atoms with Gasteiger partial charge in [0.25, 0.3) is 0 Å². The Balaban J connectivity index is 1.80. The summed E-state index contributed by atoms with van der Waals surface area (Å²) >= 11 is 11.8. The Kier molecular flexibility index (Phi) is 4.81. The molecule has 0 aromatic carbocycles. The van der Waals surface area contributed by atoms with Crippen LogP contribution in [0.2, 0.25) is 0 Å². The van der Waals surface area contributed by atoms with Crippen molar-refractivity contribution < 1.29 is 0 Å². The monoisotopic (exact) mass is 224 g/mol. The molecule has 1 saturated carbocycles. The van der Waals surface area contributed by atoms with Gasteiger partial charge in [-0.3, -0.25) is 0 Å². The Hall–Kier alpha value is 0.500. The predicted octanol–water partition coefficient (Wildman–Crippen LogP) is 1.77. The van der Waals surface area contributed by atoms with Gasteiger partial charge in [-0.2, -0.15) is 0 Å². The van der Waals surface area contributed by atoms with E-state index >= 15 is 0 Å². The predicted molar refractivity (Wildman–Crippen MR) is 58.6 cm³/mol. The van der Waals surface area contributed by atoms with Crippen molar-refractivity contribution in [2.45, 2.75) is 24.1 Å². The molecule has 0 aromatic heterocycles. The van der Waals surface area contributed by atoms with Gasteiger partial charge in [0.15, 0.2) is 0 Å². The summed E-state index contributed by atoms with van der Waals surface area (Å²) < 4.78 is -0.422. The van der Waals surface area contributed by atoms with E-state index in [9.17, 15) is 0 Å². The fraction of sp³-hybridized carbons (Fsp3) is 1.00. The van der Waals surface area contributed by atoms with Crippen molar-refractivity contribution in [1.82, 2.24) is 10.6 Å². The van der Waals surface area contributed by atoms with Gasteiger partial charge in [-0.1, -0.05) is 6.92 Å². The summed E-state index contributed by atoms with van der Waals surface area (Å²) in [5, 5.41) is 6.63. The minimum Gasteiger partial charge on any atom is -0.317 e. The highest BCUT2D eigenvalue weighted by Gasteiger charge is 2.50. The molecule has 1 atom stereocenters. The van der Waals surface area contributed by atoms with Gasteiger partial charge in [0.1, 0.15) is 4.33 Å². The zero-order valence-corrected chi connectivity index (χ0v) is 9.59. The average Bonchev–Trinajstić information content (AvgIpc) is 2.67. The fourth-order valence-corrected chi connectivity index (χ4v) is 1.81. The van der Waals surface area contributed by atoms with Crippen molar-refractivity contribution in [3.05, 3.63) is 0 Å². The highest BCUT2D eigenvalue weighted by atomic mass is 35.5. The molecule has 4 heteroatoms. The van der Waals surface area contributed by atoms with E-state index in [1.54, 1.807) is 0 Å². The molecule has 0 saturated heterocycles. The zero-order chi connectivity index (χ0) is 9.73. The molecule has 0 heterocycles. The molecule has 0 bridgehead atoms. The Morgan fingerprint density at radius 3 is 2.46 bits per heavy atom. The third kappa shape index (κ3) is 4.50. The Labute approximate surface area is 90.4 Å². The summed E-state index contributed by atoms with van der Waals surface area (Å²) in [5.74, 6) is 0.468. The number of nitrogens with one attached hydrogen (secondary N) is 2. The van der Waals surface area contributed by atoms with Gasteiger partial charge < -0.3 is 10.6 Å². The minimum atomic E-state index is -0.422. The molecule has 0 aliphatic heterocycles. The molecule has 0 amide bonds. The molecule has 1 aliphatic rings. The van der Waals surface area contributed by atoms with Gasteiger partial charge in [0.2, 0.25) is 0 Å². The zero-order valence-electron chi connectivity index (χ0n) is 8.08. The fourth-order valence-electron chi connectivity index (χ4n) is 1.28. The van der Waals surface area contributed by atoms with Crippen LogP contribution in [0.3, 0.4) is 0 Å². The van der Waals surface area contributed by atoms with Crippen LogP contribution in [0.4, 0.5) is 0 Å². The van der Waals surface area contributed by atoms with E-state index in [1.165, 1.54) is 0 Å². The molecular formula is C9H18Cl2N2. The standard InChI is InChI=1S/C9H18Cl2N2/c1-2-12-4-3-5-13-7-8-6-9(8,10)11/h8,12-13H,2-7H2,1H3. The third-order valence-electron chi connectivity index (χ3n) is 2.30. The van der Waals surface area contributed by atoms with E-state index < -0.39 is 4.33 Å². The normalized spacial score (nSPS) is 24.7. The lowest BCUT2D eigenvalue weighted by atomic mass is 10.3. The summed E-state index contributed by atoms with van der Waals surface area (Å²) in [4.78, 5) is 0. The van der Waals surface area contributed by atoms with Crippen molar-refractivity contribution in [1.29, 1.82) is 0 Å². The first-order valence-corrected chi connectivity index (χ1v) is 5.71. The lowest BCUT2D eigenvalue weighted by molar-refractivity contribution is 0.584. The van der Waals surface area contributed by atoms with E-state index in [2.05, 4.69) is 17.6 Å². The van der Waals surface area contributed by atoms with Gasteiger partial charge in [0, 0.05) is 12.5 Å². The van der Waals surface area contributed by atoms with Gasteiger partial charge >= 0.3 is 0 Å². The van der Waals surface area contributed by atoms with E-state index in [0.717, 1.165) is 39.0 Å². The molecule has 1 fully saturated rings. The van der Waals surface area contributed by atoms with Crippen LogP contribution in [-0.4, -0.2) is 30.5 Å². The largest absolute Gasteiger partial charge is 0.317 e. The lowest BCUT2D eigenvalue weighted by Gasteiger charge is -2.04. The molecule has 1 rings (SSSR count). The van der Waals surface area contributed by atoms with Crippen LogP contribution in [0, 0.1) is 5.92 Å². The van der Waals surface area contributed by atoms with Gasteiger partial charge in [0.05, 0.1) is 0 Å². The number of rotatable bonds is 7. The number of hydrogen-bond acceptors (Lipinski definition) is 2. The quantitative estimate of drug-likeness (QED) is 0.509. The molecule has 0 spiro atoms. The van der Waals surface area contributed by atoms with E-state index in [1.807, 2.05) is 0 Å². The highest BCUT2D eigenvalue weighted by Crippen LogP contribution is 2.52. The van der Waals surface area contributed by atoms with E-state index in [0.29, 0.717) is 5.92 Å². The first-order chi connectivity index (χ1) is 6.17. The third-order valence-corrected chi connectivity index (χ3v) is 3.23. The SMILES string of the molecule is CCNCCCNCC1CC1(Cl)Cl. The first-order valence-electron chi connectivity index (χ1n) is 4.96. The summed E-state index contributed by atoms with van der Waals surface area (Å²) in [6.07, 6.45) is 2.11. The number of hydrogen-bond donors (Lipinski definition) is 2. The molecular weight excluding hydrogens is 207 g/mol. The Morgan fingerprint density at radius 1 is 1.31 bits per heavy atom. The molecule has 1 unspecified atom stereocenters. The smallest absolute Gasteiger partial charge is 0.122 e. The van der Waals surface area contributed by atoms with Gasteiger partial charge in [-0.15, -0.1) is 23.2 Å². The second-order valence-electron chi connectivity index (χ2n) is 3.57. The van der Waals surface area contributed by atoms with Crippen molar-refractivity contribution in [3.63, 3.8) is 0 Å². The van der Waals surface area contributed by atoms with Crippen LogP contribution in [0.1, 0.15) is 19.8 Å². The van der Waals surface area contributed by atoms with Crippen LogP contribution in [0.25, 0.3) is 0 Å². The maximum atomic E-state index is 5.88. The van der Waals surface area contributed by atoms with Crippen LogP contribution >= 0.6 is 23.2 Å².